The molecule has 2 aromatic rings. The Morgan fingerprint density at radius 2 is 1.70 bits per heavy atom. The Labute approximate surface area is 122 Å². The summed E-state index contributed by atoms with van der Waals surface area (Å²) in [5, 5.41) is 4.72. The van der Waals surface area contributed by atoms with E-state index in [4.69, 9.17) is 4.98 Å². The van der Waals surface area contributed by atoms with Crippen molar-refractivity contribution in [1.82, 2.24) is 10.3 Å². The number of rotatable bonds is 3. The maximum Gasteiger partial charge on any atom is 0.0711 e. The van der Waals surface area contributed by atoms with Crippen molar-refractivity contribution in [3.8, 4) is 0 Å². The highest BCUT2D eigenvalue weighted by atomic mass is 14.8. The van der Waals surface area contributed by atoms with Crippen molar-refractivity contribution in [2.24, 2.45) is 0 Å². The summed E-state index contributed by atoms with van der Waals surface area (Å²) >= 11 is 0. The number of pyridine rings is 1. The van der Waals surface area contributed by atoms with E-state index < -0.39 is 0 Å². The number of aryl methyl sites for hydroxylation is 2. The molecule has 2 heteroatoms. The van der Waals surface area contributed by atoms with Gasteiger partial charge >= 0.3 is 0 Å². The second-order valence-corrected chi connectivity index (χ2v) is 6.65. The van der Waals surface area contributed by atoms with E-state index in [9.17, 15) is 0 Å². The molecule has 0 radical (unpaired) electrons. The van der Waals surface area contributed by atoms with Gasteiger partial charge in [0.25, 0.3) is 0 Å². The summed E-state index contributed by atoms with van der Waals surface area (Å²) in [5.74, 6) is 0. The molecule has 0 saturated heterocycles. The number of fused-ring (bicyclic) bond motifs is 1. The molecule has 1 aromatic heterocycles. The lowest BCUT2D eigenvalue weighted by Gasteiger charge is -2.20. The summed E-state index contributed by atoms with van der Waals surface area (Å²) in [6, 6.07) is 6.76. The van der Waals surface area contributed by atoms with E-state index in [1.54, 1.807) is 0 Å². The van der Waals surface area contributed by atoms with Crippen LogP contribution in [0.25, 0.3) is 10.9 Å². The van der Waals surface area contributed by atoms with Crippen LogP contribution >= 0.6 is 0 Å². The smallest absolute Gasteiger partial charge is 0.0711 e. The third-order valence-electron chi connectivity index (χ3n) is 3.84. The van der Waals surface area contributed by atoms with Crippen LogP contribution < -0.4 is 5.32 Å². The van der Waals surface area contributed by atoms with Crippen molar-refractivity contribution in [1.29, 1.82) is 0 Å². The molecule has 20 heavy (non-hydrogen) atoms. The monoisotopic (exact) mass is 270 g/mol. The molecule has 0 amide bonds. The third kappa shape index (κ3) is 3.01. The average Bonchev–Trinajstić information content (AvgIpc) is 2.36. The molecule has 0 unspecified atom stereocenters. The van der Waals surface area contributed by atoms with E-state index in [2.05, 4.69) is 65.1 Å². The van der Waals surface area contributed by atoms with E-state index in [0.717, 1.165) is 18.6 Å². The standard InChI is InChI=1S/C18H26N2/c1-7-19-11-14-10-17(18(4,5)6)20-16-9-13(3)12(2)8-15(14)16/h8-10,19H,7,11H2,1-6H3. The van der Waals surface area contributed by atoms with E-state index in [1.165, 1.54) is 27.8 Å². The zero-order chi connectivity index (χ0) is 14.9. The fraction of sp³-hybridized carbons (Fsp3) is 0.500. The second kappa shape index (κ2) is 5.53. The number of nitrogens with one attached hydrogen (secondary N) is 1. The van der Waals surface area contributed by atoms with Gasteiger partial charge in [-0.05, 0) is 55.3 Å². The van der Waals surface area contributed by atoms with E-state index >= 15 is 0 Å². The summed E-state index contributed by atoms with van der Waals surface area (Å²) in [4.78, 5) is 4.89. The molecule has 1 N–H and O–H groups in total. The quantitative estimate of drug-likeness (QED) is 0.901. The molecule has 1 heterocycles. The molecule has 0 saturated carbocycles. The fourth-order valence-corrected chi connectivity index (χ4v) is 2.35. The van der Waals surface area contributed by atoms with Crippen LogP contribution in [0.5, 0.6) is 0 Å². The molecule has 0 spiro atoms. The maximum atomic E-state index is 4.89. The van der Waals surface area contributed by atoms with Crippen LogP contribution in [-0.4, -0.2) is 11.5 Å². The highest BCUT2D eigenvalue weighted by Crippen LogP contribution is 2.28. The SMILES string of the molecule is CCNCc1cc(C(C)(C)C)nc2cc(C)c(C)cc12. The highest BCUT2D eigenvalue weighted by Gasteiger charge is 2.18. The Morgan fingerprint density at radius 3 is 2.30 bits per heavy atom. The Morgan fingerprint density at radius 1 is 1.05 bits per heavy atom. The van der Waals surface area contributed by atoms with Crippen molar-refractivity contribution in [3.63, 3.8) is 0 Å². The van der Waals surface area contributed by atoms with Gasteiger partial charge in [-0.2, -0.15) is 0 Å². The van der Waals surface area contributed by atoms with Crippen LogP contribution in [0.15, 0.2) is 18.2 Å². The largest absolute Gasteiger partial charge is 0.313 e. The summed E-state index contributed by atoms with van der Waals surface area (Å²) in [5.41, 5.74) is 6.36. The van der Waals surface area contributed by atoms with Gasteiger partial charge < -0.3 is 5.32 Å². The third-order valence-corrected chi connectivity index (χ3v) is 3.84. The van der Waals surface area contributed by atoms with Crippen molar-refractivity contribution in [3.05, 3.63) is 40.6 Å². The minimum absolute atomic E-state index is 0.0773. The Bertz CT molecular complexity index is 621. The maximum absolute atomic E-state index is 4.89. The first-order valence-electron chi connectivity index (χ1n) is 7.45. The van der Waals surface area contributed by atoms with Gasteiger partial charge in [0.1, 0.15) is 0 Å². The minimum atomic E-state index is 0.0773. The van der Waals surface area contributed by atoms with E-state index in [0.29, 0.717) is 0 Å². The number of benzene rings is 1. The molecule has 0 bridgehead atoms. The summed E-state index contributed by atoms with van der Waals surface area (Å²) < 4.78 is 0. The van der Waals surface area contributed by atoms with Gasteiger partial charge in [0.15, 0.2) is 0 Å². The van der Waals surface area contributed by atoms with Crippen molar-refractivity contribution >= 4 is 10.9 Å². The number of hydrogen-bond donors (Lipinski definition) is 1. The summed E-state index contributed by atoms with van der Waals surface area (Å²) in [6.07, 6.45) is 0. The van der Waals surface area contributed by atoms with Crippen molar-refractivity contribution < 1.29 is 0 Å². The average molecular weight is 270 g/mol. The van der Waals surface area contributed by atoms with Crippen molar-refractivity contribution in [2.75, 3.05) is 6.54 Å². The lowest BCUT2D eigenvalue weighted by atomic mass is 9.89. The fourth-order valence-electron chi connectivity index (χ4n) is 2.35. The predicted octanol–water partition coefficient (Wildman–Crippen LogP) is 4.26. The summed E-state index contributed by atoms with van der Waals surface area (Å²) in [7, 11) is 0. The van der Waals surface area contributed by atoms with E-state index in [-0.39, 0.29) is 5.41 Å². The van der Waals surface area contributed by atoms with Gasteiger partial charge in [0, 0.05) is 23.0 Å². The van der Waals surface area contributed by atoms with Gasteiger partial charge in [-0.15, -0.1) is 0 Å². The normalized spacial score (nSPS) is 12.1. The number of hydrogen-bond acceptors (Lipinski definition) is 2. The minimum Gasteiger partial charge on any atom is -0.313 e. The van der Waals surface area contributed by atoms with Gasteiger partial charge in [-0.1, -0.05) is 27.7 Å². The van der Waals surface area contributed by atoms with Crippen LogP contribution in [0.3, 0.4) is 0 Å². The number of nitrogens with zero attached hydrogens (tertiary/aromatic N) is 1. The first-order valence-corrected chi connectivity index (χ1v) is 7.45. The van der Waals surface area contributed by atoms with Crippen LogP contribution in [0.4, 0.5) is 0 Å². The zero-order valence-electron chi connectivity index (χ0n) is 13.6. The number of aromatic nitrogens is 1. The summed E-state index contributed by atoms with van der Waals surface area (Å²) in [6.45, 7) is 15.0. The van der Waals surface area contributed by atoms with Crippen LogP contribution in [0.2, 0.25) is 0 Å². The molecule has 0 aliphatic heterocycles. The van der Waals surface area contributed by atoms with Crippen LogP contribution in [-0.2, 0) is 12.0 Å². The Kier molecular flexibility index (Phi) is 4.14. The van der Waals surface area contributed by atoms with E-state index in [1.807, 2.05) is 0 Å². The molecule has 0 aliphatic carbocycles. The molecule has 2 nitrogen and oxygen atoms in total. The Balaban J connectivity index is 2.68. The van der Waals surface area contributed by atoms with Gasteiger partial charge in [-0.25, -0.2) is 0 Å². The van der Waals surface area contributed by atoms with Crippen molar-refractivity contribution in [2.45, 2.75) is 53.5 Å². The van der Waals surface area contributed by atoms with Gasteiger partial charge in [0.2, 0.25) is 0 Å². The van der Waals surface area contributed by atoms with Gasteiger partial charge in [0.05, 0.1) is 5.52 Å². The van der Waals surface area contributed by atoms with Gasteiger partial charge in [-0.3, -0.25) is 4.98 Å². The molecule has 1 aromatic carbocycles. The molecular weight excluding hydrogens is 244 g/mol. The van der Waals surface area contributed by atoms with Crippen LogP contribution in [0, 0.1) is 13.8 Å². The molecular formula is C18H26N2. The molecule has 0 fully saturated rings. The Hall–Kier alpha value is -1.41. The topological polar surface area (TPSA) is 24.9 Å². The predicted molar refractivity (Wildman–Crippen MR) is 87.3 cm³/mol. The lowest BCUT2D eigenvalue weighted by Crippen LogP contribution is -2.17. The second-order valence-electron chi connectivity index (χ2n) is 6.65. The molecule has 2 rings (SSSR count). The first-order chi connectivity index (χ1) is 9.32. The molecule has 108 valence electrons. The first kappa shape index (κ1) is 15.0. The highest BCUT2D eigenvalue weighted by molar-refractivity contribution is 5.84. The van der Waals surface area contributed by atoms with Crippen LogP contribution in [0.1, 0.15) is 50.1 Å². The lowest BCUT2D eigenvalue weighted by molar-refractivity contribution is 0.569. The molecule has 0 atom stereocenters. The molecule has 0 aliphatic rings. The zero-order valence-corrected chi connectivity index (χ0v) is 13.6.